The molecular formula is C54H57N3O21. The average molecular weight is 1080 g/mol. The van der Waals surface area contributed by atoms with Crippen molar-refractivity contribution in [3.8, 4) is 46.2 Å². The highest BCUT2D eigenvalue weighted by molar-refractivity contribution is 5.90. The fraction of sp³-hybridized carbons (Fsp3) is 0.463. The molecule has 0 radical (unpaired) electrons. The quantitative estimate of drug-likeness (QED) is 0.0304. The third kappa shape index (κ3) is 8.02. The summed E-state index contributed by atoms with van der Waals surface area (Å²) < 4.78 is 31.4. The lowest BCUT2D eigenvalue weighted by Crippen LogP contribution is -2.79. The summed E-state index contributed by atoms with van der Waals surface area (Å²) >= 11 is 0. The van der Waals surface area contributed by atoms with E-state index in [9.17, 15) is 76.0 Å². The molecule has 24 nitrogen and oxygen atoms in total. The maximum Gasteiger partial charge on any atom is 0.354 e. The van der Waals surface area contributed by atoms with E-state index in [0.29, 0.717) is 11.3 Å². The van der Waals surface area contributed by atoms with Crippen LogP contribution in [0.4, 0.5) is 0 Å². The van der Waals surface area contributed by atoms with Gasteiger partial charge in [-0.05, 0) is 79.4 Å². The number of ether oxygens (including phenoxy) is 4. The summed E-state index contributed by atoms with van der Waals surface area (Å²) in [5.41, 5.74) is -6.30. The molecule has 78 heavy (non-hydrogen) atoms. The molecule has 24 heteroatoms. The number of allylic oxidation sites excluding steroid dienone is 3. The molecule has 8 heterocycles. The Hall–Kier alpha value is -6.83. The first kappa shape index (κ1) is 53.2. The Kier molecular flexibility index (Phi) is 13.1. The van der Waals surface area contributed by atoms with Crippen LogP contribution in [-0.4, -0.2) is 168 Å². The zero-order chi connectivity index (χ0) is 55.4. The van der Waals surface area contributed by atoms with Gasteiger partial charge < -0.3 is 100 Å². The molecule has 2 aromatic heterocycles. The number of carbonyl (C=O) groups excluding carboxylic acids is 1. The topological polar surface area (TPSA) is 404 Å². The van der Waals surface area contributed by atoms with Crippen LogP contribution >= 0.6 is 0 Å². The number of carbonyl (C=O) groups is 2. The number of dihydropyridines is 1. The van der Waals surface area contributed by atoms with Gasteiger partial charge in [0.1, 0.15) is 46.5 Å². The van der Waals surface area contributed by atoms with Crippen molar-refractivity contribution in [1.82, 2.24) is 15.6 Å². The number of hydrogen-bond donors (Lipinski definition) is 16. The highest BCUT2D eigenvalue weighted by Crippen LogP contribution is 2.55. The molecule has 414 valence electrons. The lowest BCUT2D eigenvalue weighted by molar-refractivity contribution is -0.430. The number of rotatable bonds is 10. The molecule has 13 atom stereocenters. The molecule has 4 fully saturated rings. The molecule has 0 amide bonds. The van der Waals surface area contributed by atoms with Gasteiger partial charge in [-0.2, -0.15) is 0 Å². The summed E-state index contributed by atoms with van der Waals surface area (Å²) in [5, 5.41) is 153. The zero-order valence-corrected chi connectivity index (χ0v) is 41.3. The van der Waals surface area contributed by atoms with Crippen LogP contribution in [0.1, 0.15) is 67.7 Å². The van der Waals surface area contributed by atoms with E-state index in [1.54, 1.807) is 24.5 Å². The summed E-state index contributed by atoms with van der Waals surface area (Å²) in [6.45, 7) is -1.16. The number of aliphatic hydroxyl groups is 9. The predicted octanol–water partition coefficient (Wildman–Crippen LogP) is -0.790. The van der Waals surface area contributed by atoms with Gasteiger partial charge in [0.2, 0.25) is 17.2 Å². The van der Waals surface area contributed by atoms with E-state index in [4.69, 9.17) is 23.4 Å². The molecule has 7 aliphatic rings. The number of aliphatic carboxylic acids is 1. The standard InChI is InChI=1S/C54H57N3O21/c58-13-4-11-52-45(67)46(68)54(72,73)51(78-52,48(69)70)10-3-9-50(49(71)76-52)43(65)42(64)44(66)53(77-50)28(19-29-7-2-12-55-29)20-31(27-17-32-24-5-1-6-30(16-24)57-47(32)56-23-27)38-37(75-53)22-36-39(41(38)63)33(60)21-35(74-36)26-15-25(8-14-59)40(62)34(61)18-26/h2,7,12,15,17-18,20-24,30-31,42-47,55-59,61-68,72-73H,1,4-6,8-9,11,13-14,16,19H2,(H,69,70). The van der Waals surface area contributed by atoms with Gasteiger partial charge in [-0.25, -0.2) is 9.59 Å². The van der Waals surface area contributed by atoms with Gasteiger partial charge in [-0.3, -0.25) is 10.1 Å². The molecule has 2 aromatic carbocycles. The number of carboxylic acids is 1. The number of phenolic OH excluding ortho intramolecular Hbond substituents is 3. The summed E-state index contributed by atoms with van der Waals surface area (Å²) in [4.78, 5) is 46.0. The molecule has 13 unspecified atom stereocenters. The number of aromatic nitrogens is 1. The molecule has 6 aliphatic heterocycles. The van der Waals surface area contributed by atoms with Crippen LogP contribution < -0.4 is 20.8 Å². The number of aliphatic hydroxyl groups excluding tert-OH is 7. The van der Waals surface area contributed by atoms with E-state index in [-0.39, 0.29) is 70.0 Å². The number of esters is 1. The van der Waals surface area contributed by atoms with Crippen LogP contribution in [0.25, 0.3) is 22.3 Å². The van der Waals surface area contributed by atoms with E-state index < -0.39 is 138 Å². The van der Waals surface area contributed by atoms with Crippen molar-refractivity contribution < 1.29 is 99.3 Å². The Labute approximate surface area is 441 Å². The fourth-order valence-electron chi connectivity index (χ4n) is 12.3. The summed E-state index contributed by atoms with van der Waals surface area (Å²) in [6.07, 6.45) is -6.15. The summed E-state index contributed by atoms with van der Waals surface area (Å²) in [7, 11) is 0. The molecule has 1 aliphatic carbocycles. The molecule has 4 aromatic rings. The molecule has 1 saturated carbocycles. The first-order valence-corrected chi connectivity index (χ1v) is 25.4. The minimum atomic E-state index is -3.95. The number of aromatic hydroxyl groups is 3. The second kappa shape index (κ2) is 19.2. The van der Waals surface area contributed by atoms with Crippen molar-refractivity contribution in [2.75, 3.05) is 13.2 Å². The number of benzene rings is 2. The van der Waals surface area contributed by atoms with Gasteiger partial charge in [0.25, 0.3) is 11.4 Å². The number of nitrogens with one attached hydrogen (secondary N) is 3. The highest BCUT2D eigenvalue weighted by atomic mass is 16.8. The normalized spacial score (nSPS) is 34.7. The molecule has 3 saturated heterocycles. The number of piperidine rings is 1. The third-order valence-electron chi connectivity index (χ3n) is 16.3. The van der Waals surface area contributed by atoms with Gasteiger partial charge >= 0.3 is 11.9 Å². The molecule has 16 N–H and O–H groups in total. The van der Waals surface area contributed by atoms with E-state index in [1.165, 1.54) is 18.2 Å². The van der Waals surface area contributed by atoms with Crippen molar-refractivity contribution in [1.29, 1.82) is 0 Å². The van der Waals surface area contributed by atoms with E-state index in [2.05, 4.69) is 21.5 Å². The van der Waals surface area contributed by atoms with Crippen LogP contribution in [0.5, 0.6) is 23.0 Å². The summed E-state index contributed by atoms with van der Waals surface area (Å²) in [5.74, 6) is -13.4. The molecule has 4 bridgehead atoms. The fourth-order valence-corrected chi connectivity index (χ4v) is 12.3. The monoisotopic (exact) mass is 1080 g/mol. The maximum atomic E-state index is 15.4. The van der Waals surface area contributed by atoms with Crippen LogP contribution in [0.3, 0.4) is 0 Å². The van der Waals surface area contributed by atoms with E-state index in [0.717, 1.165) is 43.4 Å². The van der Waals surface area contributed by atoms with Gasteiger partial charge in [0.05, 0.1) is 12.6 Å². The Morgan fingerprint density at radius 1 is 0.897 bits per heavy atom. The molecule has 2 spiro atoms. The Morgan fingerprint density at radius 2 is 1.69 bits per heavy atom. The summed E-state index contributed by atoms with van der Waals surface area (Å²) in [6, 6.07) is 8.20. The van der Waals surface area contributed by atoms with E-state index in [1.807, 2.05) is 12.0 Å². The zero-order valence-electron chi connectivity index (χ0n) is 41.3. The smallest absolute Gasteiger partial charge is 0.354 e. The molecule has 11 rings (SSSR count). The minimum absolute atomic E-state index is 0.0510. The van der Waals surface area contributed by atoms with Crippen LogP contribution in [-0.2, 0) is 36.6 Å². The van der Waals surface area contributed by atoms with Gasteiger partial charge in [0, 0.05) is 90.5 Å². The number of fused-ring (bicyclic) bond motifs is 8. The third-order valence-corrected chi connectivity index (χ3v) is 16.3. The van der Waals surface area contributed by atoms with Crippen LogP contribution in [0.15, 0.2) is 86.9 Å². The van der Waals surface area contributed by atoms with Crippen molar-refractivity contribution in [3.63, 3.8) is 0 Å². The van der Waals surface area contributed by atoms with Gasteiger partial charge in [0.15, 0.2) is 29.1 Å². The lowest BCUT2D eigenvalue weighted by atomic mass is 9.74. The predicted molar refractivity (Wildman–Crippen MR) is 264 cm³/mol. The number of phenols is 3. The lowest BCUT2D eigenvalue weighted by Gasteiger charge is -2.55. The van der Waals surface area contributed by atoms with Gasteiger partial charge in [-0.15, -0.1) is 0 Å². The Balaban J connectivity index is 1.16. The number of aromatic amines is 1. The minimum Gasteiger partial charge on any atom is -0.507 e. The second-order valence-corrected chi connectivity index (χ2v) is 21.0. The Morgan fingerprint density at radius 3 is 2.42 bits per heavy atom. The van der Waals surface area contributed by atoms with E-state index >= 15 is 4.79 Å². The SMILES string of the molecule is O=C1OC2(CCCO)OC(C(=O)O)(C#CCC13OC1(Oc4cc5oc(-c6cc(O)c(O)c(CCO)c6)cc(=O)c5c(O)c4C(C4=CNC5NC6CCCC(C6)C5=C4)C=C1Cc1ccc[nH]1)C(O)C(O)C3O)C(O)(O)C(O)C2O. The number of carboxylic acid groups (broad SMARTS) is 1. The van der Waals surface area contributed by atoms with Crippen molar-refractivity contribution in [2.45, 2.75) is 135 Å². The largest absolute Gasteiger partial charge is 0.507 e. The number of hydrogen-bond acceptors (Lipinski definition) is 22. The average Bonchev–Trinajstić information content (AvgIpc) is 4.08. The van der Waals surface area contributed by atoms with Crippen molar-refractivity contribution in [3.05, 3.63) is 105 Å². The number of H-pyrrole nitrogens is 1. The Bertz CT molecular complexity index is 3320. The van der Waals surface area contributed by atoms with Crippen molar-refractivity contribution >= 4 is 22.9 Å². The van der Waals surface area contributed by atoms with Gasteiger partial charge in [-0.1, -0.05) is 24.5 Å². The second-order valence-electron chi connectivity index (χ2n) is 21.0. The van der Waals surface area contributed by atoms with Crippen LogP contribution in [0, 0.1) is 17.8 Å². The molecular weight excluding hydrogens is 1030 g/mol. The maximum absolute atomic E-state index is 15.4. The highest BCUT2D eigenvalue weighted by Gasteiger charge is 2.75. The first-order chi connectivity index (χ1) is 37.1. The first-order valence-electron chi connectivity index (χ1n) is 25.4. The van der Waals surface area contributed by atoms with Crippen LogP contribution in [0.2, 0.25) is 0 Å². The van der Waals surface area contributed by atoms with Crippen molar-refractivity contribution in [2.24, 2.45) is 5.92 Å².